The summed E-state index contributed by atoms with van der Waals surface area (Å²) in [6.07, 6.45) is 0.536. The number of rotatable bonds is 2. The lowest BCUT2D eigenvalue weighted by Gasteiger charge is -2.29. The van der Waals surface area contributed by atoms with Crippen molar-refractivity contribution < 1.29 is 19.2 Å². The topological polar surface area (TPSA) is 98.8 Å². The second-order valence-electron chi connectivity index (χ2n) is 8.27. The van der Waals surface area contributed by atoms with Gasteiger partial charge in [0.2, 0.25) is 11.8 Å². The number of carbonyl (C=O) groups is 4. The van der Waals surface area contributed by atoms with Crippen LogP contribution < -0.4 is 15.5 Å². The minimum Gasteiger partial charge on any atom is -0.322 e. The van der Waals surface area contributed by atoms with Crippen LogP contribution in [0.4, 0.5) is 16.2 Å². The summed E-state index contributed by atoms with van der Waals surface area (Å²) in [4.78, 5) is 52.6. The molecule has 31 heavy (non-hydrogen) atoms. The Bertz CT molecular complexity index is 1130. The predicted molar refractivity (Wildman–Crippen MR) is 114 cm³/mol. The van der Waals surface area contributed by atoms with Crippen molar-refractivity contribution in [1.82, 2.24) is 10.2 Å². The first-order valence-electron chi connectivity index (χ1n) is 10.4. The molecule has 0 saturated carbocycles. The van der Waals surface area contributed by atoms with Crippen LogP contribution in [0.3, 0.4) is 0 Å². The molecule has 0 spiro atoms. The first-order valence-corrected chi connectivity index (χ1v) is 10.4. The zero-order chi connectivity index (χ0) is 21.7. The van der Waals surface area contributed by atoms with E-state index in [0.717, 1.165) is 16.8 Å². The Morgan fingerprint density at radius 2 is 1.94 bits per heavy atom. The van der Waals surface area contributed by atoms with Crippen LogP contribution in [-0.4, -0.2) is 41.2 Å². The maximum Gasteiger partial charge on any atom is 0.326 e. The van der Waals surface area contributed by atoms with E-state index in [4.69, 9.17) is 0 Å². The molecule has 1 fully saturated rings. The molecular formula is C23H22N4O4. The summed E-state index contributed by atoms with van der Waals surface area (Å²) >= 11 is 0. The zero-order valence-electron chi connectivity index (χ0n) is 17.1. The quantitative estimate of drug-likeness (QED) is 0.733. The molecule has 158 valence electrons. The molecule has 2 aromatic rings. The maximum atomic E-state index is 12.9. The highest BCUT2D eigenvalue weighted by Gasteiger charge is 2.39. The van der Waals surface area contributed by atoms with Crippen molar-refractivity contribution in [3.8, 4) is 0 Å². The molecule has 0 aromatic heterocycles. The number of benzene rings is 2. The summed E-state index contributed by atoms with van der Waals surface area (Å²) in [5.74, 6) is -0.715. The van der Waals surface area contributed by atoms with E-state index in [-0.39, 0.29) is 36.7 Å². The summed E-state index contributed by atoms with van der Waals surface area (Å²) < 4.78 is 0. The van der Waals surface area contributed by atoms with Gasteiger partial charge in [-0.3, -0.25) is 24.6 Å². The number of carbonyl (C=O) groups excluding carboxylic acids is 4. The molecule has 0 bridgehead atoms. The number of amides is 5. The van der Waals surface area contributed by atoms with Gasteiger partial charge < -0.3 is 10.2 Å². The molecule has 8 nitrogen and oxygen atoms in total. The number of imide groups is 1. The van der Waals surface area contributed by atoms with Gasteiger partial charge in [0.05, 0.1) is 0 Å². The van der Waals surface area contributed by atoms with Crippen molar-refractivity contribution in [2.45, 2.75) is 38.3 Å². The van der Waals surface area contributed by atoms with Crippen molar-refractivity contribution in [2.75, 3.05) is 16.8 Å². The third-order valence-corrected chi connectivity index (χ3v) is 6.23. The van der Waals surface area contributed by atoms with Gasteiger partial charge >= 0.3 is 6.03 Å². The fourth-order valence-electron chi connectivity index (χ4n) is 4.66. The highest BCUT2D eigenvalue weighted by atomic mass is 16.2. The van der Waals surface area contributed by atoms with E-state index in [1.54, 1.807) is 23.1 Å². The lowest BCUT2D eigenvalue weighted by atomic mass is 10.0. The second kappa shape index (κ2) is 7.23. The maximum absolute atomic E-state index is 12.9. The fraction of sp³-hybridized carbons (Fsp3) is 0.304. The highest BCUT2D eigenvalue weighted by molar-refractivity contribution is 6.06. The minimum atomic E-state index is -0.654. The lowest BCUT2D eigenvalue weighted by Crippen LogP contribution is -2.52. The van der Waals surface area contributed by atoms with E-state index in [0.29, 0.717) is 24.2 Å². The van der Waals surface area contributed by atoms with Crippen molar-refractivity contribution in [3.05, 3.63) is 59.2 Å². The Kier molecular flexibility index (Phi) is 4.50. The number of piperidine rings is 1. The first-order chi connectivity index (χ1) is 14.9. The summed E-state index contributed by atoms with van der Waals surface area (Å²) in [7, 11) is 0. The number of nitrogens with one attached hydrogen (secondary N) is 2. The van der Waals surface area contributed by atoms with E-state index in [1.807, 2.05) is 24.3 Å². The normalized spacial score (nSPS) is 22.3. The Morgan fingerprint density at radius 1 is 1.13 bits per heavy atom. The summed E-state index contributed by atoms with van der Waals surface area (Å²) in [5, 5.41) is 5.23. The van der Waals surface area contributed by atoms with Crippen LogP contribution in [0.2, 0.25) is 0 Å². The molecule has 3 aliphatic heterocycles. The van der Waals surface area contributed by atoms with E-state index in [9.17, 15) is 19.2 Å². The Morgan fingerprint density at radius 3 is 2.74 bits per heavy atom. The molecule has 1 saturated heterocycles. The molecule has 2 unspecified atom stereocenters. The Hall–Kier alpha value is -3.68. The number of anilines is 2. The van der Waals surface area contributed by atoms with Crippen LogP contribution in [0.1, 0.15) is 47.2 Å². The predicted octanol–water partition coefficient (Wildman–Crippen LogP) is 2.60. The highest BCUT2D eigenvalue weighted by Crippen LogP contribution is 2.36. The van der Waals surface area contributed by atoms with Gasteiger partial charge in [-0.25, -0.2) is 4.79 Å². The molecule has 8 heteroatoms. The molecule has 5 rings (SSSR count). The molecule has 0 radical (unpaired) electrons. The summed E-state index contributed by atoms with van der Waals surface area (Å²) in [6, 6.07) is 12.2. The number of nitrogens with zero attached hydrogens (tertiary/aromatic N) is 2. The van der Waals surface area contributed by atoms with Gasteiger partial charge in [0.15, 0.2) is 0 Å². The van der Waals surface area contributed by atoms with Crippen LogP contribution in [0.25, 0.3) is 0 Å². The Labute approximate surface area is 179 Å². The van der Waals surface area contributed by atoms with Crippen LogP contribution in [0.15, 0.2) is 42.5 Å². The van der Waals surface area contributed by atoms with Crippen LogP contribution in [0, 0.1) is 0 Å². The van der Waals surface area contributed by atoms with Crippen LogP contribution in [0.5, 0.6) is 0 Å². The average Bonchev–Trinajstić information content (AvgIpc) is 3.25. The SMILES string of the molecule is CC1CN(C(=O)Nc2ccc3c(c2)CN(C2CCC(=O)NC2=O)C3=O)c2ccccc21. The third-order valence-electron chi connectivity index (χ3n) is 6.23. The number of hydrogen-bond acceptors (Lipinski definition) is 4. The second-order valence-corrected chi connectivity index (χ2v) is 8.27. The van der Waals surface area contributed by atoms with Crippen LogP contribution in [-0.2, 0) is 16.1 Å². The van der Waals surface area contributed by atoms with Gasteiger partial charge in [-0.15, -0.1) is 0 Å². The van der Waals surface area contributed by atoms with Gasteiger partial charge in [0.25, 0.3) is 5.91 Å². The number of urea groups is 1. The molecule has 5 amide bonds. The van der Waals surface area contributed by atoms with E-state index < -0.39 is 11.9 Å². The molecule has 2 atom stereocenters. The minimum absolute atomic E-state index is 0.216. The molecule has 3 aliphatic rings. The van der Waals surface area contributed by atoms with E-state index in [2.05, 4.69) is 17.6 Å². The molecule has 3 heterocycles. The monoisotopic (exact) mass is 418 g/mol. The molecular weight excluding hydrogens is 396 g/mol. The largest absolute Gasteiger partial charge is 0.326 e. The smallest absolute Gasteiger partial charge is 0.322 e. The van der Waals surface area contributed by atoms with Crippen molar-refractivity contribution in [2.24, 2.45) is 0 Å². The standard InChI is InChI=1S/C23H22N4O4/c1-13-11-27(18-5-3-2-4-16(13)18)23(31)24-15-6-7-17-14(10-15)12-26(22(17)30)19-8-9-20(28)25-21(19)29/h2-7,10,13,19H,8-9,11-12H2,1H3,(H,24,31)(H,25,28,29). The zero-order valence-corrected chi connectivity index (χ0v) is 17.1. The number of para-hydroxylation sites is 1. The average molecular weight is 418 g/mol. The Balaban J connectivity index is 1.32. The van der Waals surface area contributed by atoms with Gasteiger partial charge in [-0.1, -0.05) is 25.1 Å². The molecule has 2 N–H and O–H groups in total. The number of fused-ring (bicyclic) bond motifs is 2. The summed E-state index contributed by atoms with van der Waals surface area (Å²) in [6.45, 7) is 2.97. The van der Waals surface area contributed by atoms with Gasteiger partial charge in [0.1, 0.15) is 6.04 Å². The van der Waals surface area contributed by atoms with Crippen LogP contribution >= 0.6 is 0 Å². The van der Waals surface area contributed by atoms with E-state index >= 15 is 0 Å². The van der Waals surface area contributed by atoms with Gasteiger partial charge in [0, 0.05) is 42.4 Å². The van der Waals surface area contributed by atoms with Gasteiger partial charge in [-0.05, 0) is 41.8 Å². The van der Waals surface area contributed by atoms with Crippen molar-refractivity contribution in [1.29, 1.82) is 0 Å². The number of hydrogen-bond donors (Lipinski definition) is 2. The van der Waals surface area contributed by atoms with Gasteiger partial charge in [-0.2, -0.15) is 0 Å². The third kappa shape index (κ3) is 3.24. The fourth-order valence-corrected chi connectivity index (χ4v) is 4.66. The lowest BCUT2D eigenvalue weighted by molar-refractivity contribution is -0.136. The summed E-state index contributed by atoms with van der Waals surface area (Å²) in [5.41, 5.74) is 3.93. The van der Waals surface area contributed by atoms with Crippen molar-refractivity contribution in [3.63, 3.8) is 0 Å². The first kappa shape index (κ1) is 19.3. The molecule has 0 aliphatic carbocycles. The molecule has 2 aromatic carbocycles. The van der Waals surface area contributed by atoms with E-state index in [1.165, 1.54) is 4.90 Å². The van der Waals surface area contributed by atoms with Crippen molar-refractivity contribution >= 4 is 35.1 Å².